The molecule has 0 aromatic heterocycles. The van der Waals surface area contributed by atoms with Crippen LogP contribution in [0, 0.1) is 5.82 Å². The molecule has 0 aliphatic heterocycles. The molecule has 0 unspecified atom stereocenters. The largest absolute Gasteiger partial charge is 0.486 e. The quantitative estimate of drug-likeness (QED) is 0.586. The fourth-order valence-electron chi connectivity index (χ4n) is 2.57. The SMILES string of the molecule is COC(CN[C@H](CC(=O)O)c1ccc(OCc2ccccc2)c(F)c1)OC. The maximum atomic E-state index is 14.4. The number of aliphatic carboxylic acids is 1. The summed E-state index contributed by atoms with van der Waals surface area (Å²) in [6.07, 6.45) is -0.733. The van der Waals surface area contributed by atoms with E-state index < -0.39 is 24.1 Å². The number of ether oxygens (including phenoxy) is 3. The van der Waals surface area contributed by atoms with E-state index in [-0.39, 0.29) is 25.3 Å². The van der Waals surface area contributed by atoms with Gasteiger partial charge in [-0.25, -0.2) is 4.39 Å². The van der Waals surface area contributed by atoms with E-state index in [1.165, 1.54) is 26.4 Å². The van der Waals surface area contributed by atoms with Gasteiger partial charge in [0.1, 0.15) is 6.61 Å². The van der Waals surface area contributed by atoms with Gasteiger partial charge in [-0.05, 0) is 23.3 Å². The first-order chi connectivity index (χ1) is 13.0. The maximum absolute atomic E-state index is 14.4. The molecule has 0 heterocycles. The molecule has 0 spiro atoms. The lowest BCUT2D eigenvalue weighted by atomic mass is 10.0. The fourth-order valence-corrected chi connectivity index (χ4v) is 2.57. The second kappa shape index (κ2) is 10.6. The molecule has 0 aliphatic carbocycles. The number of nitrogens with one attached hydrogen (secondary N) is 1. The van der Waals surface area contributed by atoms with Gasteiger partial charge < -0.3 is 24.6 Å². The lowest BCUT2D eigenvalue weighted by molar-refractivity contribution is -0.138. The molecule has 27 heavy (non-hydrogen) atoms. The van der Waals surface area contributed by atoms with E-state index in [4.69, 9.17) is 19.3 Å². The van der Waals surface area contributed by atoms with Crippen LogP contribution in [0.3, 0.4) is 0 Å². The summed E-state index contributed by atoms with van der Waals surface area (Å²) in [5.41, 5.74) is 1.43. The Morgan fingerprint density at radius 1 is 1.15 bits per heavy atom. The van der Waals surface area contributed by atoms with Gasteiger partial charge in [0.2, 0.25) is 0 Å². The standard InChI is InChI=1S/C20H24FNO5/c1-25-20(26-2)12-22-17(11-19(23)24)15-8-9-18(16(21)10-15)27-13-14-6-4-3-5-7-14/h3-10,17,20,22H,11-13H2,1-2H3,(H,23,24)/t17-/m1/s1. The number of methoxy groups -OCH3 is 2. The van der Waals surface area contributed by atoms with Crippen molar-refractivity contribution >= 4 is 5.97 Å². The molecule has 2 rings (SSSR count). The summed E-state index contributed by atoms with van der Waals surface area (Å²) in [6.45, 7) is 0.510. The van der Waals surface area contributed by atoms with Crippen molar-refractivity contribution < 1.29 is 28.5 Å². The Morgan fingerprint density at radius 3 is 2.44 bits per heavy atom. The van der Waals surface area contributed by atoms with E-state index in [1.54, 1.807) is 6.07 Å². The second-order valence-corrected chi connectivity index (χ2v) is 5.92. The highest BCUT2D eigenvalue weighted by molar-refractivity contribution is 5.68. The van der Waals surface area contributed by atoms with Gasteiger partial charge in [0.15, 0.2) is 17.9 Å². The van der Waals surface area contributed by atoms with Crippen LogP contribution in [0.15, 0.2) is 48.5 Å². The first kappa shape index (κ1) is 20.8. The third kappa shape index (κ3) is 6.63. The molecule has 2 aromatic rings. The number of rotatable bonds is 11. The van der Waals surface area contributed by atoms with Crippen molar-refractivity contribution in [3.05, 3.63) is 65.5 Å². The predicted octanol–water partition coefficient (Wildman–Crippen LogP) is 3.13. The van der Waals surface area contributed by atoms with Gasteiger partial charge in [0.05, 0.1) is 6.42 Å². The smallest absolute Gasteiger partial charge is 0.305 e. The summed E-state index contributed by atoms with van der Waals surface area (Å²) in [5, 5.41) is 12.2. The van der Waals surface area contributed by atoms with Crippen molar-refractivity contribution in [2.24, 2.45) is 0 Å². The van der Waals surface area contributed by atoms with Gasteiger partial charge in [0.25, 0.3) is 0 Å². The Labute approximate surface area is 157 Å². The van der Waals surface area contributed by atoms with Crippen LogP contribution in [-0.4, -0.2) is 38.1 Å². The molecule has 0 radical (unpaired) electrons. The number of benzene rings is 2. The average molecular weight is 377 g/mol. The first-order valence-electron chi connectivity index (χ1n) is 8.50. The molecule has 0 saturated heterocycles. The molecule has 1 atom stereocenters. The molecular weight excluding hydrogens is 353 g/mol. The van der Waals surface area contributed by atoms with Crippen LogP contribution in [0.1, 0.15) is 23.6 Å². The third-order valence-corrected chi connectivity index (χ3v) is 4.03. The summed E-state index contributed by atoms with van der Waals surface area (Å²) in [6, 6.07) is 13.3. The predicted molar refractivity (Wildman–Crippen MR) is 98.0 cm³/mol. The highest BCUT2D eigenvalue weighted by Crippen LogP contribution is 2.25. The van der Waals surface area contributed by atoms with Crippen molar-refractivity contribution in [2.75, 3.05) is 20.8 Å². The zero-order valence-electron chi connectivity index (χ0n) is 15.4. The van der Waals surface area contributed by atoms with Crippen LogP contribution in [-0.2, 0) is 20.9 Å². The number of carboxylic acid groups (broad SMARTS) is 1. The molecule has 0 amide bonds. The minimum Gasteiger partial charge on any atom is -0.486 e. The van der Waals surface area contributed by atoms with Crippen LogP contribution in [0.4, 0.5) is 4.39 Å². The van der Waals surface area contributed by atoms with Gasteiger partial charge >= 0.3 is 5.97 Å². The summed E-state index contributed by atoms with van der Waals surface area (Å²) < 4.78 is 30.1. The van der Waals surface area contributed by atoms with Crippen LogP contribution in [0.5, 0.6) is 5.75 Å². The summed E-state index contributed by atoms with van der Waals surface area (Å²) in [5.74, 6) is -1.43. The highest BCUT2D eigenvalue weighted by Gasteiger charge is 2.19. The van der Waals surface area contributed by atoms with Gasteiger partial charge in [-0.2, -0.15) is 0 Å². The number of halogens is 1. The fraction of sp³-hybridized carbons (Fsp3) is 0.350. The molecule has 2 aromatic carbocycles. The summed E-state index contributed by atoms with van der Waals surface area (Å²) in [4.78, 5) is 11.2. The molecule has 0 aliphatic rings. The second-order valence-electron chi connectivity index (χ2n) is 5.92. The molecule has 7 heteroatoms. The zero-order valence-corrected chi connectivity index (χ0v) is 15.4. The Hall–Kier alpha value is -2.48. The Kier molecular flexibility index (Phi) is 8.19. The zero-order chi connectivity index (χ0) is 19.6. The van der Waals surface area contributed by atoms with Crippen molar-refractivity contribution in [1.29, 1.82) is 0 Å². The maximum Gasteiger partial charge on any atom is 0.305 e. The molecular formula is C20H24FNO5. The third-order valence-electron chi connectivity index (χ3n) is 4.03. The van der Waals surface area contributed by atoms with Crippen molar-refractivity contribution in [1.82, 2.24) is 5.32 Å². The topological polar surface area (TPSA) is 77.0 Å². The molecule has 6 nitrogen and oxygen atoms in total. The minimum atomic E-state index is -0.997. The monoisotopic (exact) mass is 377 g/mol. The van der Waals surface area contributed by atoms with Crippen LogP contribution >= 0.6 is 0 Å². The van der Waals surface area contributed by atoms with Gasteiger partial charge in [-0.3, -0.25) is 4.79 Å². The van der Waals surface area contributed by atoms with Gasteiger partial charge in [0, 0.05) is 26.8 Å². The first-order valence-corrected chi connectivity index (χ1v) is 8.50. The number of hydrogen-bond donors (Lipinski definition) is 2. The van der Waals surface area contributed by atoms with E-state index in [1.807, 2.05) is 30.3 Å². The van der Waals surface area contributed by atoms with Gasteiger partial charge in [-0.1, -0.05) is 36.4 Å². The molecule has 146 valence electrons. The molecule has 0 bridgehead atoms. The van der Waals surface area contributed by atoms with E-state index >= 15 is 0 Å². The van der Waals surface area contributed by atoms with E-state index in [0.29, 0.717) is 5.56 Å². The lowest BCUT2D eigenvalue weighted by Crippen LogP contribution is -2.33. The Morgan fingerprint density at radius 2 is 1.85 bits per heavy atom. The lowest BCUT2D eigenvalue weighted by Gasteiger charge is -2.21. The molecule has 0 saturated carbocycles. The Bertz CT molecular complexity index is 722. The molecule has 2 N–H and O–H groups in total. The molecule has 0 fully saturated rings. The number of carboxylic acids is 1. The van der Waals surface area contributed by atoms with Crippen LogP contribution in [0.25, 0.3) is 0 Å². The normalized spacial score (nSPS) is 12.1. The van der Waals surface area contributed by atoms with Crippen LogP contribution in [0.2, 0.25) is 0 Å². The minimum absolute atomic E-state index is 0.114. The van der Waals surface area contributed by atoms with Crippen LogP contribution < -0.4 is 10.1 Å². The summed E-state index contributed by atoms with van der Waals surface area (Å²) in [7, 11) is 2.97. The average Bonchev–Trinajstić information content (AvgIpc) is 2.67. The van der Waals surface area contributed by atoms with E-state index in [0.717, 1.165) is 5.56 Å². The number of hydrogen-bond acceptors (Lipinski definition) is 5. The highest BCUT2D eigenvalue weighted by atomic mass is 19.1. The van der Waals surface area contributed by atoms with Gasteiger partial charge in [-0.15, -0.1) is 0 Å². The van der Waals surface area contributed by atoms with E-state index in [2.05, 4.69) is 5.32 Å². The van der Waals surface area contributed by atoms with Crippen molar-refractivity contribution in [3.8, 4) is 5.75 Å². The Balaban J connectivity index is 2.07. The van der Waals surface area contributed by atoms with Crippen molar-refractivity contribution in [2.45, 2.75) is 25.4 Å². The number of carbonyl (C=O) groups is 1. The van der Waals surface area contributed by atoms with E-state index in [9.17, 15) is 9.18 Å². The van der Waals surface area contributed by atoms with Crippen molar-refractivity contribution in [3.63, 3.8) is 0 Å². The summed E-state index contributed by atoms with van der Waals surface area (Å²) >= 11 is 0.